The largest absolute Gasteiger partial charge is 0.309 e. The minimum atomic E-state index is -1.32. The van der Waals surface area contributed by atoms with Gasteiger partial charge in [-0.25, -0.2) is 4.39 Å². The molecule has 0 saturated carbocycles. The molecule has 0 aliphatic heterocycles. The minimum Gasteiger partial charge on any atom is -0.309 e. The van der Waals surface area contributed by atoms with E-state index in [0.717, 1.165) is 5.56 Å². The summed E-state index contributed by atoms with van der Waals surface area (Å²) in [6, 6.07) is 14.3. The highest BCUT2D eigenvalue weighted by Crippen LogP contribution is 2.18. The van der Waals surface area contributed by atoms with Crippen molar-refractivity contribution >= 4 is 22.4 Å². The number of nitrogens with one attached hydrogen (secondary N) is 1. The molecule has 1 unspecified atom stereocenters. The fraction of sp³-hybridized carbons (Fsp3) is 0.231. The summed E-state index contributed by atoms with van der Waals surface area (Å²) in [4.78, 5) is 0. The van der Waals surface area contributed by atoms with E-state index in [1.807, 2.05) is 24.3 Å². The molecule has 1 N–H and O–H groups in total. The fourth-order valence-corrected chi connectivity index (χ4v) is 1.87. The number of hydrogen-bond acceptors (Lipinski definition) is 1. The third-order valence-electron chi connectivity index (χ3n) is 2.49. The van der Waals surface area contributed by atoms with Gasteiger partial charge in [-0.15, -0.1) is 0 Å². The molecular formula is C13H13ClFN. The van der Waals surface area contributed by atoms with Crippen LogP contribution in [0.1, 0.15) is 5.56 Å². The maximum Gasteiger partial charge on any atom is 0.185 e. The summed E-state index contributed by atoms with van der Waals surface area (Å²) in [6.45, 7) is 0.805. The third kappa shape index (κ3) is 2.71. The monoisotopic (exact) mass is 237 g/mol. The van der Waals surface area contributed by atoms with Gasteiger partial charge in [-0.05, 0) is 16.3 Å². The Morgan fingerprint density at radius 1 is 1.12 bits per heavy atom. The molecule has 16 heavy (non-hydrogen) atoms. The van der Waals surface area contributed by atoms with Crippen LogP contribution in [0.25, 0.3) is 10.8 Å². The number of halogens is 2. The van der Waals surface area contributed by atoms with Crippen LogP contribution in [-0.4, -0.2) is 12.2 Å². The maximum atomic E-state index is 12.4. The Bertz CT molecular complexity index is 465. The molecule has 0 aliphatic rings. The van der Waals surface area contributed by atoms with Crippen LogP contribution in [0.5, 0.6) is 0 Å². The molecule has 2 aromatic carbocycles. The molecule has 1 nitrogen and oxygen atoms in total. The SMILES string of the molecule is FC(Cl)CNCc1cccc2ccccc12. The van der Waals surface area contributed by atoms with E-state index in [2.05, 4.69) is 23.5 Å². The van der Waals surface area contributed by atoms with E-state index in [9.17, 15) is 4.39 Å². The van der Waals surface area contributed by atoms with Crippen molar-refractivity contribution in [3.05, 3.63) is 48.0 Å². The molecule has 0 fully saturated rings. The summed E-state index contributed by atoms with van der Waals surface area (Å²) in [7, 11) is 0. The van der Waals surface area contributed by atoms with Gasteiger partial charge in [-0.2, -0.15) is 0 Å². The van der Waals surface area contributed by atoms with Crippen molar-refractivity contribution in [2.45, 2.75) is 12.2 Å². The second-order valence-electron chi connectivity index (χ2n) is 3.66. The predicted molar refractivity (Wildman–Crippen MR) is 66.4 cm³/mol. The van der Waals surface area contributed by atoms with Gasteiger partial charge in [-0.3, -0.25) is 0 Å². The van der Waals surface area contributed by atoms with Crippen LogP contribution in [0.2, 0.25) is 0 Å². The summed E-state index contributed by atoms with van der Waals surface area (Å²) in [5, 5.41) is 5.38. The number of fused-ring (bicyclic) bond motifs is 1. The lowest BCUT2D eigenvalue weighted by molar-refractivity contribution is 0.419. The molecule has 2 aromatic rings. The fourth-order valence-electron chi connectivity index (χ4n) is 1.76. The zero-order chi connectivity index (χ0) is 11.4. The van der Waals surface area contributed by atoms with Crippen molar-refractivity contribution in [2.75, 3.05) is 6.54 Å². The second-order valence-corrected chi connectivity index (χ2v) is 4.13. The van der Waals surface area contributed by atoms with Crippen molar-refractivity contribution in [3.63, 3.8) is 0 Å². The topological polar surface area (TPSA) is 12.0 Å². The Labute approximate surface area is 99.2 Å². The van der Waals surface area contributed by atoms with E-state index < -0.39 is 5.63 Å². The molecule has 3 heteroatoms. The summed E-state index contributed by atoms with van der Waals surface area (Å²) >= 11 is 5.23. The van der Waals surface area contributed by atoms with E-state index in [4.69, 9.17) is 11.6 Å². The van der Waals surface area contributed by atoms with E-state index in [1.165, 1.54) is 10.8 Å². The Balaban J connectivity index is 2.17. The van der Waals surface area contributed by atoms with Gasteiger partial charge in [0.1, 0.15) is 0 Å². The molecule has 2 rings (SSSR count). The Hall–Kier alpha value is -1.12. The van der Waals surface area contributed by atoms with Gasteiger partial charge in [0.2, 0.25) is 0 Å². The van der Waals surface area contributed by atoms with Gasteiger partial charge < -0.3 is 5.32 Å². The van der Waals surface area contributed by atoms with Crippen LogP contribution in [-0.2, 0) is 6.54 Å². The first-order chi connectivity index (χ1) is 7.77. The van der Waals surface area contributed by atoms with Gasteiger partial charge in [0, 0.05) is 13.1 Å². The van der Waals surface area contributed by atoms with Crippen LogP contribution in [0.3, 0.4) is 0 Å². The van der Waals surface area contributed by atoms with Gasteiger partial charge in [0.05, 0.1) is 0 Å². The van der Waals surface area contributed by atoms with Gasteiger partial charge in [-0.1, -0.05) is 54.1 Å². The smallest absolute Gasteiger partial charge is 0.185 e. The summed E-state index contributed by atoms with van der Waals surface area (Å²) in [5.41, 5.74) is -0.162. The Kier molecular flexibility index (Phi) is 3.75. The highest BCUT2D eigenvalue weighted by atomic mass is 35.5. The van der Waals surface area contributed by atoms with E-state index in [-0.39, 0.29) is 6.54 Å². The first-order valence-electron chi connectivity index (χ1n) is 5.23. The molecule has 1 atom stereocenters. The number of benzene rings is 2. The molecule has 0 bridgehead atoms. The first-order valence-corrected chi connectivity index (χ1v) is 5.66. The Morgan fingerprint density at radius 2 is 1.88 bits per heavy atom. The molecule has 0 spiro atoms. The van der Waals surface area contributed by atoms with Crippen LogP contribution in [0.4, 0.5) is 4.39 Å². The van der Waals surface area contributed by atoms with E-state index in [0.29, 0.717) is 6.54 Å². The highest BCUT2D eigenvalue weighted by molar-refractivity contribution is 6.19. The molecule has 0 amide bonds. The van der Waals surface area contributed by atoms with E-state index >= 15 is 0 Å². The lowest BCUT2D eigenvalue weighted by Gasteiger charge is -2.08. The highest BCUT2D eigenvalue weighted by Gasteiger charge is 2.02. The van der Waals surface area contributed by atoms with Crippen LogP contribution in [0, 0.1) is 0 Å². The van der Waals surface area contributed by atoms with Gasteiger partial charge in [0.15, 0.2) is 5.63 Å². The molecule has 84 valence electrons. The lowest BCUT2D eigenvalue weighted by Crippen LogP contribution is -2.20. The maximum absolute atomic E-state index is 12.4. The van der Waals surface area contributed by atoms with Crippen LogP contribution in [0.15, 0.2) is 42.5 Å². The van der Waals surface area contributed by atoms with Crippen molar-refractivity contribution in [1.29, 1.82) is 0 Å². The average Bonchev–Trinajstić information content (AvgIpc) is 2.29. The second kappa shape index (κ2) is 5.28. The molecule has 0 aliphatic carbocycles. The van der Waals surface area contributed by atoms with E-state index in [1.54, 1.807) is 0 Å². The summed E-state index contributed by atoms with van der Waals surface area (Å²) < 4.78 is 12.4. The standard InChI is InChI=1S/C13H13ClFN/c14-13(15)9-16-8-11-6-3-5-10-4-1-2-7-12(10)11/h1-7,13,16H,8-9H2. The van der Waals surface area contributed by atoms with Gasteiger partial charge in [0.25, 0.3) is 0 Å². The van der Waals surface area contributed by atoms with Crippen LogP contribution >= 0.6 is 11.6 Å². The molecule has 0 aromatic heterocycles. The summed E-state index contributed by atoms with van der Waals surface area (Å²) in [5.74, 6) is 0. The lowest BCUT2D eigenvalue weighted by atomic mass is 10.0. The number of alkyl halides is 2. The zero-order valence-corrected chi connectivity index (χ0v) is 9.54. The van der Waals surface area contributed by atoms with Crippen molar-refractivity contribution in [2.24, 2.45) is 0 Å². The quantitative estimate of drug-likeness (QED) is 0.803. The Morgan fingerprint density at radius 3 is 2.69 bits per heavy atom. The minimum absolute atomic E-state index is 0.171. The third-order valence-corrected chi connectivity index (χ3v) is 2.65. The molecule has 0 heterocycles. The number of hydrogen-bond donors (Lipinski definition) is 1. The van der Waals surface area contributed by atoms with Crippen molar-refractivity contribution in [1.82, 2.24) is 5.32 Å². The normalized spacial score (nSPS) is 12.9. The number of rotatable bonds is 4. The zero-order valence-electron chi connectivity index (χ0n) is 8.79. The van der Waals surface area contributed by atoms with Crippen LogP contribution < -0.4 is 5.32 Å². The van der Waals surface area contributed by atoms with Gasteiger partial charge >= 0.3 is 0 Å². The average molecular weight is 238 g/mol. The molecule has 0 radical (unpaired) electrons. The van der Waals surface area contributed by atoms with Crippen molar-refractivity contribution < 1.29 is 4.39 Å². The summed E-state index contributed by atoms with van der Waals surface area (Å²) in [6.07, 6.45) is 0. The predicted octanol–water partition coefficient (Wildman–Crippen LogP) is 3.46. The molecular weight excluding hydrogens is 225 g/mol. The van der Waals surface area contributed by atoms with Crippen molar-refractivity contribution in [3.8, 4) is 0 Å². The molecule has 0 saturated heterocycles. The first kappa shape index (κ1) is 11.4.